The van der Waals surface area contributed by atoms with Gasteiger partial charge in [0.15, 0.2) is 0 Å². The van der Waals surface area contributed by atoms with Crippen LogP contribution < -0.4 is 9.46 Å². The Kier molecular flexibility index (Phi) is 6.92. The van der Waals surface area contributed by atoms with Crippen molar-refractivity contribution in [2.75, 3.05) is 6.61 Å². The van der Waals surface area contributed by atoms with Gasteiger partial charge in [0.25, 0.3) is 0 Å². The Morgan fingerprint density at radius 1 is 1.04 bits per heavy atom. The molecular weight excluding hydrogens is 369 g/mol. The molecular formula is C17H19Cl2NO3S. The van der Waals surface area contributed by atoms with Gasteiger partial charge in [0, 0.05) is 16.6 Å². The summed E-state index contributed by atoms with van der Waals surface area (Å²) in [7, 11) is -3.62. The van der Waals surface area contributed by atoms with Crippen LogP contribution in [0.5, 0.6) is 5.75 Å². The highest BCUT2D eigenvalue weighted by atomic mass is 35.5. The Morgan fingerprint density at radius 3 is 2.25 bits per heavy atom. The zero-order valence-corrected chi connectivity index (χ0v) is 15.6. The molecule has 0 amide bonds. The van der Waals surface area contributed by atoms with Gasteiger partial charge < -0.3 is 4.74 Å². The third kappa shape index (κ3) is 5.67. The van der Waals surface area contributed by atoms with Gasteiger partial charge in [0.2, 0.25) is 10.0 Å². The summed E-state index contributed by atoms with van der Waals surface area (Å²) in [4.78, 5) is 0.179. The molecule has 0 atom stereocenters. The molecule has 2 aromatic rings. The van der Waals surface area contributed by atoms with E-state index in [1.165, 1.54) is 12.1 Å². The predicted molar refractivity (Wildman–Crippen MR) is 97.3 cm³/mol. The predicted octanol–water partition coefficient (Wildman–Crippen LogP) is 4.65. The van der Waals surface area contributed by atoms with Gasteiger partial charge in [-0.2, -0.15) is 0 Å². The number of nitrogens with one attached hydrogen (secondary N) is 1. The molecule has 0 fully saturated rings. The largest absolute Gasteiger partial charge is 0.494 e. The van der Waals surface area contributed by atoms with Crippen LogP contribution in [-0.2, 0) is 16.6 Å². The lowest BCUT2D eigenvalue weighted by molar-refractivity contribution is 0.309. The van der Waals surface area contributed by atoms with Gasteiger partial charge in [0.1, 0.15) is 5.75 Å². The van der Waals surface area contributed by atoms with Crippen LogP contribution in [0.2, 0.25) is 10.0 Å². The first-order chi connectivity index (χ1) is 11.4. The van der Waals surface area contributed by atoms with Gasteiger partial charge in [-0.3, -0.25) is 0 Å². The maximum Gasteiger partial charge on any atom is 0.240 e. The van der Waals surface area contributed by atoms with E-state index in [0.29, 0.717) is 28.0 Å². The molecule has 0 saturated heterocycles. The Balaban J connectivity index is 2.01. The molecule has 0 heterocycles. The molecule has 0 aromatic heterocycles. The maximum atomic E-state index is 12.3. The molecule has 7 heteroatoms. The summed E-state index contributed by atoms with van der Waals surface area (Å²) < 4.78 is 32.7. The zero-order valence-electron chi connectivity index (χ0n) is 13.3. The van der Waals surface area contributed by atoms with E-state index in [2.05, 4.69) is 11.6 Å². The van der Waals surface area contributed by atoms with E-state index in [0.717, 1.165) is 12.8 Å². The van der Waals surface area contributed by atoms with E-state index in [-0.39, 0.29) is 11.4 Å². The highest BCUT2D eigenvalue weighted by molar-refractivity contribution is 7.89. The molecule has 130 valence electrons. The van der Waals surface area contributed by atoms with Gasteiger partial charge in [-0.05, 0) is 54.4 Å². The summed E-state index contributed by atoms with van der Waals surface area (Å²) in [5.74, 6) is 0.657. The molecule has 1 N–H and O–H groups in total. The molecule has 0 radical (unpaired) electrons. The highest BCUT2D eigenvalue weighted by Crippen LogP contribution is 2.20. The number of hydrogen-bond donors (Lipinski definition) is 1. The second-order valence-corrected chi connectivity index (χ2v) is 7.92. The van der Waals surface area contributed by atoms with Crippen molar-refractivity contribution in [2.45, 2.75) is 31.2 Å². The lowest BCUT2D eigenvalue weighted by atomic mass is 10.2. The van der Waals surface area contributed by atoms with Gasteiger partial charge in [-0.1, -0.05) is 36.5 Å². The van der Waals surface area contributed by atoms with Crippen LogP contribution in [0.3, 0.4) is 0 Å². The third-order valence-corrected chi connectivity index (χ3v) is 5.14. The van der Waals surface area contributed by atoms with E-state index >= 15 is 0 Å². The fraction of sp³-hybridized carbons (Fsp3) is 0.294. The van der Waals surface area contributed by atoms with E-state index in [1.54, 1.807) is 30.3 Å². The zero-order chi connectivity index (χ0) is 17.6. The normalized spacial score (nSPS) is 11.5. The topological polar surface area (TPSA) is 55.4 Å². The molecule has 4 nitrogen and oxygen atoms in total. The minimum Gasteiger partial charge on any atom is -0.494 e. The van der Waals surface area contributed by atoms with Crippen LogP contribution in [0.4, 0.5) is 0 Å². The molecule has 0 aliphatic rings. The summed E-state index contributed by atoms with van der Waals surface area (Å²) in [5, 5.41) is 0.926. The first kappa shape index (κ1) is 19.1. The minimum absolute atomic E-state index is 0.108. The lowest BCUT2D eigenvalue weighted by Gasteiger charge is -2.09. The van der Waals surface area contributed by atoms with Crippen molar-refractivity contribution in [1.29, 1.82) is 0 Å². The van der Waals surface area contributed by atoms with Crippen LogP contribution in [0.25, 0.3) is 0 Å². The second-order valence-electron chi connectivity index (χ2n) is 5.28. The van der Waals surface area contributed by atoms with Crippen molar-refractivity contribution >= 4 is 33.2 Å². The highest BCUT2D eigenvalue weighted by Gasteiger charge is 2.14. The summed E-state index contributed by atoms with van der Waals surface area (Å²) in [6.45, 7) is 2.81. The maximum absolute atomic E-state index is 12.3. The van der Waals surface area contributed by atoms with Gasteiger partial charge >= 0.3 is 0 Å². The molecule has 0 unspecified atom stereocenters. The first-order valence-corrected chi connectivity index (χ1v) is 9.82. The standard InChI is InChI=1S/C17H19Cl2NO3S/c1-2-3-8-23-16-4-6-17(7-5-16)24(21,22)20-12-13-9-14(18)11-15(19)10-13/h4-7,9-11,20H,2-3,8,12H2,1H3. The minimum atomic E-state index is -3.62. The smallest absolute Gasteiger partial charge is 0.240 e. The fourth-order valence-electron chi connectivity index (χ4n) is 2.02. The van der Waals surface area contributed by atoms with Crippen LogP contribution in [0.1, 0.15) is 25.3 Å². The SMILES string of the molecule is CCCCOc1ccc(S(=O)(=O)NCc2cc(Cl)cc(Cl)c2)cc1. The van der Waals surface area contributed by atoms with E-state index in [1.807, 2.05) is 0 Å². The first-order valence-electron chi connectivity index (χ1n) is 7.58. The van der Waals surface area contributed by atoms with Crippen molar-refractivity contribution in [3.63, 3.8) is 0 Å². The number of ether oxygens (including phenoxy) is 1. The summed E-state index contributed by atoms with van der Waals surface area (Å²) >= 11 is 11.8. The summed E-state index contributed by atoms with van der Waals surface area (Å²) in [5.41, 5.74) is 0.690. The number of rotatable bonds is 8. The van der Waals surface area contributed by atoms with Gasteiger partial charge in [-0.25, -0.2) is 13.1 Å². The Hall–Kier alpha value is -1.27. The van der Waals surface area contributed by atoms with Crippen molar-refractivity contribution in [3.8, 4) is 5.75 Å². The molecule has 0 saturated carbocycles. The molecule has 2 rings (SSSR count). The number of unbranched alkanes of at least 4 members (excludes halogenated alkanes) is 1. The number of sulfonamides is 1. The van der Waals surface area contributed by atoms with Crippen LogP contribution in [-0.4, -0.2) is 15.0 Å². The molecule has 2 aromatic carbocycles. The van der Waals surface area contributed by atoms with Gasteiger partial charge in [-0.15, -0.1) is 0 Å². The Bertz CT molecular complexity index is 757. The Labute approximate surface area is 152 Å². The lowest BCUT2D eigenvalue weighted by Crippen LogP contribution is -2.23. The molecule has 0 aliphatic carbocycles. The molecule has 0 spiro atoms. The quantitative estimate of drug-likeness (QED) is 0.670. The van der Waals surface area contributed by atoms with E-state index in [4.69, 9.17) is 27.9 Å². The average Bonchev–Trinajstić information content (AvgIpc) is 2.53. The van der Waals surface area contributed by atoms with Crippen LogP contribution in [0.15, 0.2) is 47.4 Å². The monoisotopic (exact) mass is 387 g/mol. The van der Waals surface area contributed by atoms with Crippen LogP contribution in [0, 0.1) is 0 Å². The molecule has 0 bridgehead atoms. The number of halogens is 2. The van der Waals surface area contributed by atoms with Crippen molar-refractivity contribution in [3.05, 3.63) is 58.1 Å². The van der Waals surface area contributed by atoms with Crippen molar-refractivity contribution < 1.29 is 13.2 Å². The van der Waals surface area contributed by atoms with Gasteiger partial charge in [0.05, 0.1) is 11.5 Å². The average molecular weight is 388 g/mol. The number of hydrogen-bond acceptors (Lipinski definition) is 3. The summed E-state index contributed by atoms with van der Waals surface area (Å²) in [6, 6.07) is 11.3. The van der Waals surface area contributed by atoms with E-state index < -0.39 is 10.0 Å². The van der Waals surface area contributed by atoms with E-state index in [9.17, 15) is 8.42 Å². The number of benzene rings is 2. The fourth-order valence-corrected chi connectivity index (χ4v) is 3.61. The summed E-state index contributed by atoms with van der Waals surface area (Å²) in [6.07, 6.45) is 2.01. The van der Waals surface area contributed by atoms with Crippen LogP contribution >= 0.6 is 23.2 Å². The second kappa shape index (κ2) is 8.72. The van der Waals surface area contributed by atoms with Crippen molar-refractivity contribution in [1.82, 2.24) is 4.72 Å². The molecule has 0 aliphatic heterocycles. The third-order valence-electron chi connectivity index (χ3n) is 3.29. The molecule has 24 heavy (non-hydrogen) atoms. The Morgan fingerprint density at radius 2 is 1.67 bits per heavy atom. The van der Waals surface area contributed by atoms with Crippen molar-refractivity contribution in [2.24, 2.45) is 0 Å².